The molecule has 40 heavy (non-hydrogen) atoms. The standard InChI is InChI=1S/C32H43ClN2O5/c1-3-5-6-7-8-9-10-11-15-18-30(36)34-29(31(37)39-4-2)23-28(26-19-21-27(33)22-20-26)35-32(38)40-24-25-16-13-12-14-17-25/h12-14,16-17,19-22,29H,3-11,15,18,23-24H2,1-2H3,(H,34,36)/b35-28-/t29-/m0/s1. The van der Waals surface area contributed by atoms with E-state index < -0.39 is 18.1 Å². The van der Waals surface area contributed by atoms with Crippen molar-refractivity contribution in [2.24, 2.45) is 4.99 Å². The maximum Gasteiger partial charge on any atom is 0.434 e. The number of hydrogen-bond acceptors (Lipinski definition) is 5. The Balaban J connectivity index is 2.02. The lowest BCUT2D eigenvalue weighted by atomic mass is 10.0. The molecule has 0 radical (unpaired) electrons. The number of rotatable bonds is 18. The van der Waals surface area contributed by atoms with E-state index in [2.05, 4.69) is 17.2 Å². The maximum atomic E-state index is 12.8. The Kier molecular flexibility index (Phi) is 16.3. The van der Waals surface area contributed by atoms with Gasteiger partial charge in [-0.15, -0.1) is 0 Å². The van der Waals surface area contributed by atoms with Crippen molar-refractivity contribution in [2.75, 3.05) is 6.61 Å². The molecule has 2 rings (SSSR count). The number of aliphatic imine (C=N–C) groups is 1. The van der Waals surface area contributed by atoms with Crippen LogP contribution in [0, 0.1) is 0 Å². The van der Waals surface area contributed by atoms with Gasteiger partial charge in [0.25, 0.3) is 0 Å². The number of halogens is 1. The number of benzene rings is 2. The van der Waals surface area contributed by atoms with Crippen molar-refractivity contribution in [3.8, 4) is 0 Å². The van der Waals surface area contributed by atoms with Gasteiger partial charge in [0.05, 0.1) is 12.3 Å². The van der Waals surface area contributed by atoms with E-state index in [0.717, 1.165) is 24.8 Å². The first-order valence-electron chi connectivity index (χ1n) is 14.4. The normalized spacial score (nSPS) is 12.0. The van der Waals surface area contributed by atoms with E-state index in [0.29, 0.717) is 17.0 Å². The smallest absolute Gasteiger partial charge is 0.434 e. The zero-order valence-corrected chi connectivity index (χ0v) is 24.6. The molecule has 0 fully saturated rings. The SMILES string of the molecule is CCCCCCCCCCCC(=O)N[C@@H](C/C(=N/C(=O)OCc1ccccc1)c1ccc(Cl)cc1)C(=O)OCC. The van der Waals surface area contributed by atoms with E-state index in [4.69, 9.17) is 21.1 Å². The van der Waals surface area contributed by atoms with Crippen LogP contribution in [0.2, 0.25) is 5.02 Å². The number of amides is 2. The highest BCUT2D eigenvalue weighted by Crippen LogP contribution is 2.15. The summed E-state index contributed by atoms with van der Waals surface area (Å²) in [6.07, 6.45) is 9.81. The number of hydrogen-bond donors (Lipinski definition) is 1. The van der Waals surface area contributed by atoms with Gasteiger partial charge in [-0.1, -0.05) is 112 Å². The quantitative estimate of drug-likeness (QED) is 0.112. The van der Waals surface area contributed by atoms with Crippen molar-refractivity contribution < 1.29 is 23.9 Å². The molecular weight excluding hydrogens is 528 g/mol. The summed E-state index contributed by atoms with van der Waals surface area (Å²) in [5, 5.41) is 3.32. The van der Waals surface area contributed by atoms with E-state index in [1.807, 2.05) is 30.3 Å². The predicted molar refractivity (Wildman–Crippen MR) is 160 cm³/mol. The average molecular weight is 571 g/mol. The largest absolute Gasteiger partial charge is 0.464 e. The first-order chi connectivity index (χ1) is 19.4. The highest BCUT2D eigenvalue weighted by molar-refractivity contribution is 6.30. The van der Waals surface area contributed by atoms with E-state index in [9.17, 15) is 14.4 Å². The van der Waals surface area contributed by atoms with Crippen LogP contribution in [0.25, 0.3) is 0 Å². The van der Waals surface area contributed by atoms with Crippen LogP contribution >= 0.6 is 11.6 Å². The minimum atomic E-state index is -0.998. The molecule has 0 saturated heterocycles. The van der Waals surface area contributed by atoms with Gasteiger partial charge in [-0.2, -0.15) is 4.99 Å². The zero-order valence-electron chi connectivity index (χ0n) is 23.8. The van der Waals surface area contributed by atoms with E-state index in [-0.39, 0.29) is 31.3 Å². The molecule has 1 N–H and O–H groups in total. The van der Waals surface area contributed by atoms with E-state index >= 15 is 0 Å². The molecule has 0 aromatic heterocycles. The lowest BCUT2D eigenvalue weighted by molar-refractivity contribution is -0.147. The minimum absolute atomic E-state index is 0.0373. The Morgan fingerprint density at radius 3 is 2.08 bits per heavy atom. The lowest BCUT2D eigenvalue weighted by Crippen LogP contribution is -2.43. The molecule has 2 aromatic rings. The third kappa shape index (κ3) is 13.7. The fourth-order valence-electron chi connectivity index (χ4n) is 4.22. The van der Waals surface area contributed by atoms with Gasteiger partial charge in [-0.3, -0.25) is 4.79 Å². The fourth-order valence-corrected chi connectivity index (χ4v) is 4.35. The molecule has 8 heteroatoms. The third-order valence-electron chi connectivity index (χ3n) is 6.42. The minimum Gasteiger partial charge on any atom is -0.464 e. The summed E-state index contributed by atoms with van der Waals surface area (Å²) >= 11 is 6.05. The van der Waals surface area contributed by atoms with Crippen LogP contribution in [0.3, 0.4) is 0 Å². The maximum absolute atomic E-state index is 12.8. The predicted octanol–water partition coefficient (Wildman–Crippen LogP) is 7.82. The Hall–Kier alpha value is -3.19. The topological polar surface area (TPSA) is 94.1 Å². The second-order valence-corrected chi connectivity index (χ2v) is 10.2. The van der Waals surface area contributed by atoms with Crippen molar-refractivity contribution in [1.82, 2.24) is 5.32 Å². The molecular formula is C32H43ClN2O5. The summed E-state index contributed by atoms with van der Waals surface area (Å²) < 4.78 is 10.6. The number of esters is 1. The van der Waals surface area contributed by atoms with Crippen LogP contribution in [-0.4, -0.2) is 36.3 Å². The van der Waals surface area contributed by atoms with Crippen molar-refractivity contribution in [3.63, 3.8) is 0 Å². The summed E-state index contributed by atoms with van der Waals surface area (Å²) in [4.78, 5) is 42.3. The van der Waals surface area contributed by atoms with Crippen LogP contribution in [0.5, 0.6) is 0 Å². The Morgan fingerprint density at radius 1 is 0.825 bits per heavy atom. The van der Waals surface area contributed by atoms with Gasteiger partial charge in [0.2, 0.25) is 5.91 Å². The van der Waals surface area contributed by atoms with Crippen LogP contribution in [0.15, 0.2) is 59.6 Å². The zero-order chi connectivity index (χ0) is 29.0. The van der Waals surface area contributed by atoms with E-state index in [1.165, 1.54) is 38.5 Å². The van der Waals surface area contributed by atoms with Crippen LogP contribution < -0.4 is 5.32 Å². The molecule has 7 nitrogen and oxygen atoms in total. The number of ether oxygens (including phenoxy) is 2. The molecule has 0 bridgehead atoms. The van der Waals surface area contributed by atoms with Gasteiger partial charge in [0.15, 0.2) is 0 Å². The summed E-state index contributed by atoms with van der Waals surface area (Å²) in [6.45, 7) is 4.14. The Bertz CT molecular complexity index is 1060. The van der Waals surface area contributed by atoms with E-state index in [1.54, 1.807) is 31.2 Å². The number of nitrogens with one attached hydrogen (secondary N) is 1. The molecule has 0 saturated carbocycles. The molecule has 218 valence electrons. The van der Waals surface area contributed by atoms with Crippen LogP contribution in [0.1, 0.15) is 95.6 Å². The van der Waals surface area contributed by atoms with Crippen molar-refractivity contribution >= 4 is 35.3 Å². The molecule has 2 aromatic carbocycles. The highest BCUT2D eigenvalue weighted by atomic mass is 35.5. The first kappa shape index (κ1) is 33.0. The Morgan fingerprint density at radius 2 is 1.45 bits per heavy atom. The molecule has 0 unspecified atom stereocenters. The van der Waals surface area contributed by atoms with Gasteiger partial charge in [-0.25, -0.2) is 9.59 Å². The van der Waals surface area contributed by atoms with Gasteiger partial charge in [-0.05, 0) is 36.6 Å². The molecule has 0 spiro atoms. The summed E-state index contributed by atoms with van der Waals surface area (Å²) in [6, 6.07) is 15.0. The molecule has 0 heterocycles. The molecule has 2 amide bonds. The lowest BCUT2D eigenvalue weighted by Gasteiger charge is -2.18. The van der Waals surface area contributed by atoms with Gasteiger partial charge in [0, 0.05) is 17.9 Å². The fraction of sp³-hybridized carbons (Fsp3) is 0.500. The monoisotopic (exact) mass is 570 g/mol. The first-order valence-corrected chi connectivity index (χ1v) is 14.8. The molecule has 0 aliphatic rings. The van der Waals surface area contributed by atoms with Gasteiger partial charge in [0.1, 0.15) is 12.6 Å². The third-order valence-corrected chi connectivity index (χ3v) is 6.67. The number of nitrogens with zero attached hydrogens (tertiary/aromatic N) is 1. The van der Waals surface area contributed by atoms with Crippen LogP contribution in [-0.2, 0) is 25.7 Å². The van der Waals surface area contributed by atoms with Crippen molar-refractivity contribution in [2.45, 2.75) is 97.1 Å². The van der Waals surface area contributed by atoms with Crippen LogP contribution in [0.4, 0.5) is 4.79 Å². The van der Waals surface area contributed by atoms with Crippen molar-refractivity contribution in [3.05, 3.63) is 70.7 Å². The highest BCUT2D eigenvalue weighted by Gasteiger charge is 2.25. The summed E-state index contributed by atoms with van der Waals surface area (Å²) in [5.41, 5.74) is 1.70. The number of carbonyl (C=O) groups excluding carboxylic acids is 3. The second-order valence-electron chi connectivity index (χ2n) is 9.76. The Labute approximate surface area is 243 Å². The number of unbranched alkanes of at least 4 members (excludes halogenated alkanes) is 8. The summed E-state index contributed by atoms with van der Waals surface area (Å²) in [7, 11) is 0. The average Bonchev–Trinajstić information content (AvgIpc) is 2.95. The number of carbonyl (C=O) groups is 3. The molecule has 0 aliphatic carbocycles. The van der Waals surface area contributed by atoms with Crippen molar-refractivity contribution in [1.29, 1.82) is 0 Å². The van der Waals surface area contributed by atoms with Gasteiger partial charge >= 0.3 is 12.1 Å². The summed E-state index contributed by atoms with van der Waals surface area (Å²) in [5.74, 6) is -0.814. The second kappa shape index (κ2) is 19.8. The molecule has 0 aliphatic heterocycles. The molecule has 1 atom stereocenters. The van der Waals surface area contributed by atoms with Gasteiger partial charge < -0.3 is 14.8 Å².